The van der Waals surface area contributed by atoms with Crippen LogP contribution in [-0.4, -0.2) is 39.3 Å². The SMILES string of the molecule is CC(NC(=O)[C@@H]1CC[C@H](CN)O1)c1ccc(S(C)(=O)=O)c(F)c1.Cl. The van der Waals surface area contributed by atoms with E-state index in [4.69, 9.17) is 10.5 Å². The first-order valence-electron chi connectivity index (χ1n) is 7.37. The standard InChI is InChI=1S/C15H21FN2O4S.ClH/c1-9(18-15(19)13-5-4-11(8-17)22-13)10-3-6-14(12(16)7-10)23(2,20)21;/h3,6-7,9,11,13H,4-5,8,17H2,1-2H3,(H,18,19);1H/t9?,11-,13+;/m1./s1. The summed E-state index contributed by atoms with van der Waals surface area (Å²) in [6.45, 7) is 2.07. The normalized spacial score (nSPS) is 21.8. The van der Waals surface area contributed by atoms with Crippen molar-refractivity contribution in [3.05, 3.63) is 29.6 Å². The van der Waals surface area contributed by atoms with Crippen LogP contribution >= 0.6 is 12.4 Å². The first kappa shape index (κ1) is 20.8. The van der Waals surface area contributed by atoms with Gasteiger partial charge in [-0.3, -0.25) is 4.79 Å². The van der Waals surface area contributed by atoms with Crippen LogP contribution in [0.3, 0.4) is 0 Å². The maximum Gasteiger partial charge on any atom is 0.249 e. The van der Waals surface area contributed by atoms with E-state index in [0.717, 1.165) is 18.7 Å². The summed E-state index contributed by atoms with van der Waals surface area (Å²) in [5.41, 5.74) is 5.99. The van der Waals surface area contributed by atoms with E-state index in [2.05, 4.69) is 5.32 Å². The predicted octanol–water partition coefficient (Wildman–Crippen LogP) is 1.33. The molecule has 1 aliphatic heterocycles. The average molecular weight is 381 g/mol. The lowest BCUT2D eigenvalue weighted by Gasteiger charge is -2.18. The fraction of sp³-hybridized carbons (Fsp3) is 0.533. The lowest BCUT2D eigenvalue weighted by Crippen LogP contribution is -2.37. The van der Waals surface area contributed by atoms with Crippen LogP contribution in [0.15, 0.2) is 23.1 Å². The van der Waals surface area contributed by atoms with Crippen molar-refractivity contribution in [2.75, 3.05) is 12.8 Å². The smallest absolute Gasteiger partial charge is 0.249 e. The highest BCUT2D eigenvalue weighted by atomic mass is 35.5. The molecule has 1 saturated heterocycles. The number of halogens is 2. The molecule has 0 bridgehead atoms. The van der Waals surface area contributed by atoms with Crippen LogP contribution in [0.2, 0.25) is 0 Å². The molecular formula is C15H22ClFN2O4S. The summed E-state index contributed by atoms with van der Waals surface area (Å²) in [6, 6.07) is 3.35. The van der Waals surface area contributed by atoms with Crippen LogP contribution in [0.25, 0.3) is 0 Å². The van der Waals surface area contributed by atoms with Gasteiger partial charge in [0.1, 0.15) is 16.8 Å². The van der Waals surface area contributed by atoms with Crippen molar-refractivity contribution >= 4 is 28.2 Å². The number of carbonyl (C=O) groups is 1. The average Bonchev–Trinajstić information content (AvgIpc) is 2.94. The van der Waals surface area contributed by atoms with Gasteiger partial charge in [-0.05, 0) is 37.5 Å². The zero-order valence-corrected chi connectivity index (χ0v) is 15.1. The molecule has 0 aromatic heterocycles. The van der Waals surface area contributed by atoms with Crippen LogP contribution < -0.4 is 11.1 Å². The number of ether oxygens (including phenoxy) is 1. The summed E-state index contributed by atoms with van der Waals surface area (Å²) < 4.78 is 42.2. The van der Waals surface area contributed by atoms with Gasteiger partial charge in [0.2, 0.25) is 5.91 Å². The first-order chi connectivity index (χ1) is 10.7. The first-order valence-corrected chi connectivity index (χ1v) is 9.27. The van der Waals surface area contributed by atoms with Crippen molar-refractivity contribution in [1.29, 1.82) is 0 Å². The van der Waals surface area contributed by atoms with Gasteiger partial charge in [-0.2, -0.15) is 0 Å². The molecule has 24 heavy (non-hydrogen) atoms. The van der Waals surface area contributed by atoms with E-state index in [1.54, 1.807) is 6.92 Å². The van der Waals surface area contributed by atoms with Crippen molar-refractivity contribution in [3.63, 3.8) is 0 Å². The summed E-state index contributed by atoms with van der Waals surface area (Å²) in [4.78, 5) is 11.8. The Balaban J connectivity index is 0.00000288. The molecule has 1 fully saturated rings. The van der Waals surface area contributed by atoms with Crippen molar-refractivity contribution in [3.8, 4) is 0 Å². The molecule has 0 aliphatic carbocycles. The summed E-state index contributed by atoms with van der Waals surface area (Å²) in [7, 11) is -3.62. The van der Waals surface area contributed by atoms with Gasteiger partial charge in [0, 0.05) is 12.8 Å². The van der Waals surface area contributed by atoms with E-state index in [1.807, 2.05) is 0 Å². The van der Waals surface area contributed by atoms with Crippen molar-refractivity contribution in [2.24, 2.45) is 5.73 Å². The maximum atomic E-state index is 13.9. The third-order valence-corrected chi connectivity index (χ3v) is 5.01. The monoisotopic (exact) mass is 380 g/mol. The highest BCUT2D eigenvalue weighted by Crippen LogP contribution is 2.22. The number of hydrogen-bond donors (Lipinski definition) is 2. The van der Waals surface area contributed by atoms with Gasteiger partial charge in [0.25, 0.3) is 0 Å². The third kappa shape index (κ3) is 4.89. The minimum absolute atomic E-state index is 0. The Bertz CT molecular complexity index is 699. The molecule has 1 aromatic rings. The zero-order chi connectivity index (χ0) is 17.2. The summed E-state index contributed by atoms with van der Waals surface area (Å²) >= 11 is 0. The molecule has 0 saturated carbocycles. The van der Waals surface area contributed by atoms with Gasteiger partial charge < -0.3 is 15.8 Å². The molecule has 0 spiro atoms. The number of sulfone groups is 1. The Labute approximate surface area is 147 Å². The van der Waals surface area contributed by atoms with Gasteiger partial charge in [0.05, 0.1) is 12.1 Å². The summed E-state index contributed by atoms with van der Waals surface area (Å²) in [6.07, 6.45) is 1.63. The number of nitrogens with two attached hydrogens (primary N) is 1. The fourth-order valence-electron chi connectivity index (χ4n) is 2.55. The molecule has 3 N–H and O–H groups in total. The minimum atomic E-state index is -3.62. The second-order valence-corrected chi connectivity index (χ2v) is 7.74. The minimum Gasteiger partial charge on any atom is -0.364 e. The van der Waals surface area contributed by atoms with Crippen LogP contribution in [0.1, 0.15) is 31.4 Å². The quantitative estimate of drug-likeness (QED) is 0.803. The summed E-state index contributed by atoms with van der Waals surface area (Å²) in [5, 5.41) is 2.75. The maximum absolute atomic E-state index is 13.9. The Morgan fingerprint density at radius 1 is 1.46 bits per heavy atom. The van der Waals surface area contributed by atoms with Gasteiger partial charge in [-0.1, -0.05) is 6.07 Å². The highest BCUT2D eigenvalue weighted by Gasteiger charge is 2.30. The van der Waals surface area contributed by atoms with Crippen LogP contribution in [0, 0.1) is 5.82 Å². The topological polar surface area (TPSA) is 98.5 Å². The molecule has 1 heterocycles. The molecule has 136 valence electrons. The second-order valence-electron chi connectivity index (χ2n) is 5.75. The van der Waals surface area contributed by atoms with Gasteiger partial charge >= 0.3 is 0 Å². The second kappa shape index (κ2) is 8.24. The third-order valence-electron chi connectivity index (χ3n) is 3.88. The number of amides is 1. The number of hydrogen-bond acceptors (Lipinski definition) is 5. The molecule has 1 aliphatic rings. The van der Waals surface area contributed by atoms with Gasteiger partial charge in [-0.25, -0.2) is 12.8 Å². The van der Waals surface area contributed by atoms with Gasteiger partial charge in [-0.15, -0.1) is 12.4 Å². The molecule has 0 radical (unpaired) electrons. The Morgan fingerprint density at radius 2 is 2.12 bits per heavy atom. The molecule has 9 heteroatoms. The lowest BCUT2D eigenvalue weighted by atomic mass is 10.1. The Kier molecular flexibility index (Phi) is 7.15. The Morgan fingerprint density at radius 3 is 2.62 bits per heavy atom. The zero-order valence-electron chi connectivity index (χ0n) is 13.5. The molecule has 1 unspecified atom stereocenters. The van der Waals surface area contributed by atoms with Crippen molar-refractivity contribution < 1.29 is 22.3 Å². The molecule has 1 aromatic carbocycles. The fourth-order valence-corrected chi connectivity index (χ4v) is 3.28. The van der Waals surface area contributed by atoms with E-state index in [0.29, 0.717) is 18.5 Å². The van der Waals surface area contributed by atoms with Gasteiger partial charge in [0.15, 0.2) is 9.84 Å². The van der Waals surface area contributed by atoms with Crippen molar-refractivity contribution in [2.45, 2.75) is 42.9 Å². The van der Waals surface area contributed by atoms with Crippen LogP contribution in [0.4, 0.5) is 4.39 Å². The van der Waals surface area contributed by atoms with E-state index in [9.17, 15) is 17.6 Å². The Hall–Kier alpha value is -1.22. The van der Waals surface area contributed by atoms with Crippen LogP contribution in [0.5, 0.6) is 0 Å². The number of benzene rings is 1. The molecule has 3 atom stereocenters. The summed E-state index contributed by atoms with van der Waals surface area (Å²) in [5.74, 6) is -1.10. The largest absolute Gasteiger partial charge is 0.364 e. The molecule has 1 amide bonds. The van der Waals surface area contributed by atoms with E-state index in [1.165, 1.54) is 12.1 Å². The van der Waals surface area contributed by atoms with Crippen LogP contribution in [-0.2, 0) is 19.4 Å². The molecule has 2 rings (SSSR count). The molecular weight excluding hydrogens is 359 g/mol. The number of rotatable bonds is 5. The highest BCUT2D eigenvalue weighted by molar-refractivity contribution is 7.90. The van der Waals surface area contributed by atoms with E-state index in [-0.39, 0.29) is 29.3 Å². The number of nitrogens with one attached hydrogen (secondary N) is 1. The van der Waals surface area contributed by atoms with E-state index >= 15 is 0 Å². The predicted molar refractivity (Wildman–Crippen MR) is 90.3 cm³/mol. The van der Waals surface area contributed by atoms with Crippen molar-refractivity contribution in [1.82, 2.24) is 5.32 Å². The lowest BCUT2D eigenvalue weighted by molar-refractivity contribution is -0.132. The number of carbonyl (C=O) groups excluding carboxylic acids is 1. The molecule has 6 nitrogen and oxygen atoms in total. The van der Waals surface area contributed by atoms with E-state index < -0.39 is 27.8 Å².